The number of amides is 1. The maximum atomic E-state index is 12.7. The topological polar surface area (TPSA) is 57.7 Å². The molecule has 0 radical (unpaired) electrons. The van der Waals surface area contributed by atoms with Gasteiger partial charge in [-0.15, -0.1) is 0 Å². The molecule has 26 heavy (non-hydrogen) atoms. The molecule has 2 saturated heterocycles. The van der Waals surface area contributed by atoms with E-state index in [1.807, 2.05) is 29.2 Å². The molecule has 0 aliphatic carbocycles. The standard InChI is InChI=1S/C19H27BrN2O3S/c1-15-3-2-10-21(13-15)19(23)17-8-11-22(12-9-17)26(24,25)14-16-4-6-18(20)7-5-16/h4-7,15,17H,2-3,8-14H2,1H3/t15-/m1/s1. The fourth-order valence-corrected chi connectivity index (χ4v) is 5.74. The van der Waals surface area contributed by atoms with Crippen LogP contribution in [0.15, 0.2) is 28.7 Å². The SMILES string of the molecule is C[C@@H]1CCCN(C(=O)C2CCN(S(=O)(=O)Cc3ccc(Br)cc3)CC2)C1. The third-order valence-electron chi connectivity index (χ3n) is 5.43. The van der Waals surface area contributed by atoms with Crippen molar-refractivity contribution in [2.24, 2.45) is 11.8 Å². The fourth-order valence-electron chi connectivity index (χ4n) is 3.91. The van der Waals surface area contributed by atoms with E-state index in [0.29, 0.717) is 31.8 Å². The van der Waals surface area contributed by atoms with E-state index in [1.165, 1.54) is 6.42 Å². The number of carbonyl (C=O) groups is 1. The lowest BCUT2D eigenvalue weighted by Crippen LogP contribution is -2.47. The maximum Gasteiger partial charge on any atom is 0.225 e. The Kier molecular flexibility index (Phi) is 6.41. The summed E-state index contributed by atoms with van der Waals surface area (Å²) in [5.74, 6) is 0.780. The van der Waals surface area contributed by atoms with Crippen LogP contribution in [0.4, 0.5) is 0 Å². The van der Waals surface area contributed by atoms with Crippen molar-refractivity contribution in [2.75, 3.05) is 26.2 Å². The van der Waals surface area contributed by atoms with E-state index >= 15 is 0 Å². The van der Waals surface area contributed by atoms with E-state index in [1.54, 1.807) is 4.31 Å². The first-order chi connectivity index (χ1) is 12.3. The molecule has 2 aliphatic rings. The van der Waals surface area contributed by atoms with Crippen molar-refractivity contribution >= 4 is 31.9 Å². The first-order valence-corrected chi connectivity index (χ1v) is 11.8. The van der Waals surface area contributed by atoms with Gasteiger partial charge in [-0.3, -0.25) is 4.79 Å². The number of carbonyl (C=O) groups excluding carboxylic acids is 1. The molecule has 1 aromatic carbocycles. The van der Waals surface area contributed by atoms with Gasteiger partial charge in [-0.25, -0.2) is 12.7 Å². The second kappa shape index (κ2) is 8.40. The molecular weight excluding hydrogens is 416 g/mol. The molecule has 1 atom stereocenters. The lowest BCUT2D eigenvalue weighted by atomic mass is 9.93. The predicted molar refractivity (Wildman–Crippen MR) is 106 cm³/mol. The number of rotatable bonds is 4. The summed E-state index contributed by atoms with van der Waals surface area (Å²) >= 11 is 3.36. The number of hydrogen-bond acceptors (Lipinski definition) is 3. The van der Waals surface area contributed by atoms with Crippen LogP contribution in [-0.2, 0) is 20.6 Å². The van der Waals surface area contributed by atoms with Crippen LogP contribution in [0.3, 0.4) is 0 Å². The van der Waals surface area contributed by atoms with Gasteiger partial charge in [-0.1, -0.05) is 35.0 Å². The molecule has 5 nitrogen and oxygen atoms in total. The van der Waals surface area contributed by atoms with Crippen LogP contribution in [0.5, 0.6) is 0 Å². The first-order valence-electron chi connectivity index (χ1n) is 9.36. The highest BCUT2D eigenvalue weighted by Crippen LogP contribution is 2.26. The zero-order chi connectivity index (χ0) is 18.7. The highest BCUT2D eigenvalue weighted by Gasteiger charge is 2.34. The molecule has 1 aromatic rings. The second-order valence-electron chi connectivity index (χ2n) is 7.59. The molecule has 0 bridgehead atoms. The van der Waals surface area contributed by atoms with E-state index in [-0.39, 0.29) is 17.6 Å². The summed E-state index contributed by atoms with van der Waals surface area (Å²) in [5, 5.41) is 0. The zero-order valence-corrected chi connectivity index (χ0v) is 17.6. The monoisotopic (exact) mass is 442 g/mol. The maximum absolute atomic E-state index is 12.7. The zero-order valence-electron chi connectivity index (χ0n) is 15.2. The number of sulfonamides is 1. The summed E-state index contributed by atoms with van der Waals surface area (Å²) < 4.78 is 27.8. The van der Waals surface area contributed by atoms with Crippen molar-refractivity contribution in [3.05, 3.63) is 34.3 Å². The normalized spacial score (nSPS) is 23.2. The number of nitrogens with zero attached hydrogens (tertiary/aromatic N) is 2. The van der Waals surface area contributed by atoms with E-state index in [2.05, 4.69) is 22.9 Å². The quantitative estimate of drug-likeness (QED) is 0.718. The molecule has 1 amide bonds. The van der Waals surface area contributed by atoms with Gasteiger partial charge in [0.05, 0.1) is 5.75 Å². The Bertz CT molecular complexity index is 728. The Morgan fingerprint density at radius 3 is 2.38 bits per heavy atom. The summed E-state index contributed by atoms with van der Waals surface area (Å²) in [6.45, 7) is 4.78. The highest BCUT2D eigenvalue weighted by atomic mass is 79.9. The van der Waals surface area contributed by atoms with E-state index < -0.39 is 10.0 Å². The molecule has 0 N–H and O–H groups in total. The Morgan fingerprint density at radius 1 is 1.12 bits per heavy atom. The third-order valence-corrected chi connectivity index (χ3v) is 7.81. The van der Waals surface area contributed by atoms with E-state index in [9.17, 15) is 13.2 Å². The van der Waals surface area contributed by atoms with E-state index in [0.717, 1.165) is 29.5 Å². The van der Waals surface area contributed by atoms with Crippen LogP contribution in [0.1, 0.15) is 38.2 Å². The number of hydrogen-bond donors (Lipinski definition) is 0. The van der Waals surface area contributed by atoms with Gasteiger partial charge in [0.1, 0.15) is 0 Å². The number of piperidine rings is 2. The minimum absolute atomic E-state index is 0.0164. The number of benzene rings is 1. The molecule has 0 saturated carbocycles. The van der Waals surface area contributed by atoms with Crippen LogP contribution >= 0.6 is 15.9 Å². The van der Waals surface area contributed by atoms with Crippen molar-refractivity contribution in [3.63, 3.8) is 0 Å². The van der Waals surface area contributed by atoms with Gasteiger partial charge in [0.2, 0.25) is 15.9 Å². The summed E-state index contributed by atoms with van der Waals surface area (Å²) in [7, 11) is -3.34. The molecule has 7 heteroatoms. The molecule has 2 aliphatic heterocycles. The summed E-state index contributed by atoms with van der Waals surface area (Å²) in [4.78, 5) is 14.7. The molecule has 0 unspecified atom stereocenters. The predicted octanol–water partition coefficient (Wildman–Crippen LogP) is 3.25. The van der Waals surface area contributed by atoms with E-state index in [4.69, 9.17) is 0 Å². The van der Waals surface area contributed by atoms with Crippen molar-refractivity contribution < 1.29 is 13.2 Å². The second-order valence-corrected chi connectivity index (χ2v) is 10.5. The van der Waals surface area contributed by atoms with Crippen molar-refractivity contribution in [1.29, 1.82) is 0 Å². The van der Waals surface area contributed by atoms with Gasteiger partial charge < -0.3 is 4.90 Å². The Balaban J connectivity index is 1.55. The van der Waals surface area contributed by atoms with Crippen LogP contribution in [-0.4, -0.2) is 49.7 Å². The minimum Gasteiger partial charge on any atom is -0.342 e. The molecule has 3 rings (SSSR count). The summed E-state index contributed by atoms with van der Waals surface area (Å²) in [5.41, 5.74) is 0.786. The van der Waals surface area contributed by atoms with Crippen LogP contribution in [0.25, 0.3) is 0 Å². The van der Waals surface area contributed by atoms with Crippen LogP contribution in [0, 0.1) is 11.8 Å². The Hall–Kier alpha value is -0.920. The van der Waals surface area contributed by atoms with Gasteiger partial charge in [-0.2, -0.15) is 0 Å². The summed E-state index contributed by atoms with van der Waals surface area (Å²) in [6, 6.07) is 7.37. The third kappa shape index (κ3) is 4.87. The first kappa shape index (κ1) is 19.8. The number of halogens is 1. The molecule has 2 fully saturated rings. The largest absolute Gasteiger partial charge is 0.342 e. The lowest BCUT2D eigenvalue weighted by molar-refractivity contribution is -0.138. The molecule has 0 spiro atoms. The van der Waals surface area contributed by atoms with Crippen LogP contribution in [0.2, 0.25) is 0 Å². The summed E-state index contributed by atoms with van der Waals surface area (Å²) in [6.07, 6.45) is 3.52. The van der Waals surface area contributed by atoms with Crippen LogP contribution < -0.4 is 0 Å². The molecule has 2 heterocycles. The molecular formula is C19H27BrN2O3S. The van der Waals surface area contributed by atoms with Gasteiger partial charge >= 0.3 is 0 Å². The smallest absolute Gasteiger partial charge is 0.225 e. The van der Waals surface area contributed by atoms with Gasteiger partial charge in [0, 0.05) is 36.6 Å². The van der Waals surface area contributed by atoms with Gasteiger partial charge in [-0.05, 0) is 49.3 Å². The fraction of sp³-hybridized carbons (Fsp3) is 0.632. The number of likely N-dealkylation sites (tertiary alicyclic amines) is 1. The Morgan fingerprint density at radius 2 is 1.77 bits per heavy atom. The van der Waals surface area contributed by atoms with Crippen molar-refractivity contribution in [3.8, 4) is 0 Å². The van der Waals surface area contributed by atoms with Crippen molar-refractivity contribution in [2.45, 2.75) is 38.4 Å². The molecule has 144 valence electrons. The Labute approximate surface area is 164 Å². The van der Waals surface area contributed by atoms with Gasteiger partial charge in [0.15, 0.2) is 0 Å². The highest BCUT2D eigenvalue weighted by molar-refractivity contribution is 9.10. The average Bonchev–Trinajstić information content (AvgIpc) is 2.63. The molecule has 0 aromatic heterocycles. The minimum atomic E-state index is -3.34. The average molecular weight is 443 g/mol. The van der Waals surface area contributed by atoms with Crippen molar-refractivity contribution in [1.82, 2.24) is 9.21 Å². The van der Waals surface area contributed by atoms with Gasteiger partial charge in [0.25, 0.3) is 0 Å². The lowest BCUT2D eigenvalue weighted by Gasteiger charge is -2.36.